The molecule has 0 unspecified atom stereocenters. The Morgan fingerprint density at radius 3 is 2.31 bits per heavy atom. The Labute approximate surface area is 175 Å². The smallest absolute Gasteiger partial charge is 0.348 e. The summed E-state index contributed by atoms with van der Waals surface area (Å²) in [5, 5.41) is 9.64. The van der Waals surface area contributed by atoms with Crippen molar-refractivity contribution < 1.29 is 14.7 Å². The minimum Gasteiger partial charge on any atom is -0.477 e. The zero-order chi connectivity index (χ0) is 20.8. The number of aromatic carboxylic acids is 1. The predicted molar refractivity (Wildman–Crippen MR) is 119 cm³/mol. The fourth-order valence-corrected chi connectivity index (χ4v) is 4.26. The summed E-state index contributed by atoms with van der Waals surface area (Å²) in [7, 11) is 1.63. The average Bonchev–Trinajstić information content (AvgIpc) is 3.20. The average molecular weight is 408 g/mol. The molecule has 0 saturated heterocycles. The molecule has 0 fully saturated rings. The van der Waals surface area contributed by atoms with Crippen molar-refractivity contribution in [1.82, 2.24) is 0 Å². The summed E-state index contributed by atoms with van der Waals surface area (Å²) >= 11 is 1.18. The molecule has 0 radical (unpaired) electrons. The highest BCUT2D eigenvalue weighted by Gasteiger charge is 2.23. The van der Waals surface area contributed by atoms with Gasteiger partial charge >= 0.3 is 5.97 Å². The Hall–Kier alpha value is -2.92. The van der Waals surface area contributed by atoms with Crippen LogP contribution in [0.25, 0.3) is 10.4 Å². The Balaban J connectivity index is 1.83. The number of anilines is 1. The minimum atomic E-state index is -1.03. The van der Waals surface area contributed by atoms with Crippen LogP contribution in [0.1, 0.15) is 51.8 Å². The van der Waals surface area contributed by atoms with E-state index < -0.39 is 5.97 Å². The third-order valence-electron chi connectivity index (χ3n) is 4.90. The molecule has 0 saturated carbocycles. The fourth-order valence-electron chi connectivity index (χ4n) is 3.22. The summed E-state index contributed by atoms with van der Waals surface area (Å²) in [6, 6.07) is 19.0. The first kappa shape index (κ1) is 20.8. The van der Waals surface area contributed by atoms with E-state index in [0.29, 0.717) is 11.3 Å². The van der Waals surface area contributed by atoms with Crippen LogP contribution in [0.15, 0.2) is 60.7 Å². The van der Waals surface area contributed by atoms with Gasteiger partial charge in [0.1, 0.15) is 4.88 Å². The number of rotatable bonds is 8. The molecule has 29 heavy (non-hydrogen) atoms. The van der Waals surface area contributed by atoms with Gasteiger partial charge in [-0.05, 0) is 42.2 Å². The molecule has 3 aromatic rings. The van der Waals surface area contributed by atoms with Crippen LogP contribution in [-0.2, 0) is 6.42 Å². The van der Waals surface area contributed by atoms with Crippen LogP contribution in [0, 0.1) is 0 Å². The van der Waals surface area contributed by atoms with E-state index in [9.17, 15) is 14.7 Å². The summed E-state index contributed by atoms with van der Waals surface area (Å²) in [6.45, 7) is 2.18. The molecule has 0 aliphatic heterocycles. The first-order chi connectivity index (χ1) is 14.0. The van der Waals surface area contributed by atoms with Gasteiger partial charge in [-0.3, -0.25) is 4.79 Å². The van der Waals surface area contributed by atoms with E-state index >= 15 is 0 Å². The van der Waals surface area contributed by atoms with Gasteiger partial charge in [-0.15, -0.1) is 11.3 Å². The summed E-state index contributed by atoms with van der Waals surface area (Å²) < 4.78 is 0. The molecule has 1 heterocycles. The number of hydrogen-bond donors (Lipinski definition) is 1. The topological polar surface area (TPSA) is 57.6 Å². The van der Waals surface area contributed by atoms with Crippen LogP contribution in [-0.4, -0.2) is 24.0 Å². The highest BCUT2D eigenvalue weighted by molar-refractivity contribution is 7.18. The Morgan fingerprint density at radius 2 is 1.69 bits per heavy atom. The number of nitrogens with zero attached hydrogens (tertiary/aromatic N) is 1. The molecule has 0 atom stereocenters. The lowest BCUT2D eigenvalue weighted by atomic mass is 10.0. The molecule has 0 bridgehead atoms. The van der Waals surface area contributed by atoms with E-state index in [1.54, 1.807) is 13.1 Å². The summed E-state index contributed by atoms with van der Waals surface area (Å²) in [6.07, 6.45) is 4.53. The van der Waals surface area contributed by atoms with Gasteiger partial charge in [0.2, 0.25) is 0 Å². The Kier molecular flexibility index (Phi) is 6.83. The van der Waals surface area contributed by atoms with Crippen LogP contribution >= 0.6 is 11.3 Å². The number of amides is 1. The summed E-state index contributed by atoms with van der Waals surface area (Å²) in [5.74, 6) is -1.25. The third-order valence-corrected chi connectivity index (χ3v) is 6.06. The van der Waals surface area contributed by atoms with Gasteiger partial charge in [-0.25, -0.2) is 4.79 Å². The lowest BCUT2D eigenvalue weighted by Crippen LogP contribution is -2.27. The normalized spacial score (nSPS) is 10.7. The van der Waals surface area contributed by atoms with Crippen molar-refractivity contribution in [2.75, 3.05) is 11.9 Å². The molecule has 0 spiro atoms. The van der Waals surface area contributed by atoms with Crippen molar-refractivity contribution in [1.29, 1.82) is 0 Å². The van der Waals surface area contributed by atoms with E-state index in [-0.39, 0.29) is 10.8 Å². The molecule has 1 aromatic heterocycles. The van der Waals surface area contributed by atoms with Crippen LogP contribution < -0.4 is 4.90 Å². The minimum absolute atomic E-state index is 0.163. The molecular formula is C24H25NO3S. The highest BCUT2D eigenvalue weighted by atomic mass is 32.1. The number of benzene rings is 2. The van der Waals surface area contributed by atoms with Crippen molar-refractivity contribution in [3.8, 4) is 10.4 Å². The van der Waals surface area contributed by atoms with E-state index in [1.165, 1.54) is 34.6 Å². The molecule has 1 N–H and O–H groups in total. The fraction of sp³-hybridized carbons (Fsp3) is 0.250. The molecule has 0 aliphatic carbocycles. The maximum absolute atomic E-state index is 13.0. The van der Waals surface area contributed by atoms with Crippen molar-refractivity contribution >= 4 is 28.9 Å². The number of thiophene rings is 1. The number of carbonyl (C=O) groups is 2. The van der Waals surface area contributed by atoms with Gasteiger partial charge in [0.15, 0.2) is 0 Å². The lowest BCUT2D eigenvalue weighted by molar-refractivity contribution is 0.0703. The van der Waals surface area contributed by atoms with Crippen molar-refractivity contribution in [2.24, 2.45) is 0 Å². The standard InChI is InChI=1S/C24H25NO3S/c1-3-4-6-9-17-12-14-19(15-13-17)23(26)25(2)20-16-21(29-22(20)24(27)28)18-10-7-5-8-11-18/h5,7-8,10-16H,3-4,6,9H2,1-2H3,(H,27,28). The largest absolute Gasteiger partial charge is 0.477 e. The van der Waals surface area contributed by atoms with Crippen LogP contribution in [0.3, 0.4) is 0 Å². The zero-order valence-corrected chi connectivity index (χ0v) is 17.5. The number of unbranched alkanes of at least 4 members (excludes halogenated alkanes) is 2. The summed E-state index contributed by atoms with van der Waals surface area (Å²) in [5.41, 5.74) is 3.11. The quantitative estimate of drug-likeness (QED) is 0.458. The van der Waals surface area contributed by atoms with Gasteiger partial charge in [-0.1, -0.05) is 62.2 Å². The molecule has 2 aromatic carbocycles. The molecule has 3 rings (SSSR count). The number of carboxylic acids is 1. The molecule has 1 amide bonds. The van der Waals surface area contributed by atoms with Crippen molar-refractivity contribution in [2.45, 2.75) is 32.6 Å². The first-order valence-electron chi connectivity index (χ1n) is 9.80. The number of hydrogen-bond acceptors (Lipinski definition) is 3. The lowest BCUT2D eigenvalue weighted by Gasteiger charge is -2.17. The SMILES string of the molecule is CCCCCc1ccc(C(=O)N(C)c2cc(-c3ccccc3)sc2C(=O)O)cc1. The Morgan fingerprint density at radius 1 is 1.00 bits per heavy atom. The highest BCUT2D eigenvalue weighted by Crippen LogP contribution is 2.37. The van der Waals surface area contributed by atoms with Gasteiger partial charge < -0.3 is 10.0 Å². The van der Waals surface area contributed by atoms with E-state index in [1.807, 2.05) is 54.6 Å². The van der Waals surface area contributed by atoms with Gasteiger partial charge in [0.05, 0.1) is 5.69 Å². The van der Waals surface area contributed by atoms with E-state index in [2.05, 4.69) is 6.92 Å². The maximum Gasteiger partial charge on any atom is 0.348 e. The molecule has 0 aliphatic rings. The van der Waals surface area contributed by atoms with Crippen LogP contribution in [0.5, 0.6) is 0 Å². The predicted octanol–water partition coefficient (Wildman–Crippen LogP) is 6.12. The summed E-state index contributed by atoms with van der Waals surface area (Å²) in [4.78, 5) is 27.2. The van der Waals surface area contributed by atoms with Crippen molar-refractivity contribution in [3.05, 3.63) is 76.7 Å². The first-order valence-corrected chi connectivity index (χ1v) is 10.6. The monoisotopic (exact) mass is 407 g/mol. The number of carboxylic acid groups (broad SMARTS) is 1. The van der Waals surface area contributed by atoms with Crippen LogP contribution in [0.4, 0.5) is 5.69 Å². The molecular weight excluding hydrogens is 382 g/mol. The molecule has 4 nitrogen and oxygen atoms in total. The van der Waals surface area contributed by atoms with E-state index in [0.717, 1.165) is 23.3 Å². The van der Waals surface area contributed by atoms with Gasteiger partial charge in [0, 0.05) is 17.5 Å². The Bertz CT molecular complexity index is 977. The van der Waals surface area contributed by atoms with Crippen LogP contribution in [0.2, 0.25) is 0 Å². The molecule has 5 heteroatoms. The number of carbonyl (C=O) groups excluding carboxylic acids is 1. The second-order valence-corrected chi connectivity index (χ2v) is 8.07. The molecule has 150 valence electrons. The van der Waals surface area contributed by atoms with E-state index in [4.69, 9.17) is 0 Å². The zero-order valence-electron chi connectivity index (χ0n) is 16.7. The van der Waals surface area contributed by atoms with Crippen molar-refractivity contribution in [3.63, 3.8) is 0 Å². The number of aryl methyl sites for hydroxylation is 1. The second-order valence-electron chi connectivity index (χ2n) is 7.01. The van der Waals surface area contributed by atoms with Gasteiger partial charge in [0.25, 0.3) is 5.91 Å². The third kappa shape index (κ3) is 4.93. The maximum atomic E-state index is 13.0. The van der Waals surface area contributed by atoms with Gasteiger partial charge in [-0.2, -0.15) is 0 Å². The second kappa shape index (κ2) is 9.52.